The fourth-order valence-corrected chi connectivity index (χ4v) is 7.25. The molecule has 0 spiro atoms. The summed E-state index contributed by atoms with van der Waals surface area (Å²) < 4.78 is 1.63. The molecule has 14 heavy (non-hydrogen) atoms. The molecule has 0 N–H and O–H groups in total. The van der Waals surface area contributed by atoms with Crippen molar-refractivity contribution in [1.29, 1.82) is 0 Å². The van der Waals surface area contributed by atoms with E-state index in [1.54, 1.807) is 0 Å². The second kappa shape index (κ2) is 5.08. The van der Waals surface area contributed by atoms with Gasteiger partial charge in [0.25, 0.3) is 0 Å². The molecule has 0 saturated carbocycles. The van der Waals surface area contributed by atoms with E-state index in [9.17, 15) is 0 Å². The number of rotatable bonds is 3. The van der Waals surface area contributed by atoms with Crippen molar-refractivity contribution in [2.75, 3.05) is 14.1 Å². The zero-order chi connectivity index (χ0) is 10.9. The number of halogens is 1. The monoisotopic (exact) mass is 413 g/mol. The summed E-state index contributed by atoms with van der Waals surface area (Å²) in [7, 11) is 4.36. The van der Waals surface area contributed by atoms with Crippen molar-refractivity contribution in [1.82, 2.24) is 4.81 Å². The van der Waals surface area contributed by atoms with Crippen molar-refractivity contribution >= 4 is 45.5 Å². The molecule has 1 nitrogen and oxygen atoms in total. The Kier molecular flexibility index (Phi) is 4.85. The number of nitrogens with zero attached hydrogens (tertiary/aromatic N) is 1. The molecule has 1 aliphatic carbocycles. The van der Waals surface area contributed by atoms with Crippen molar-refractivity contribution in [2.24, 2.45) is 0 Å². The SMILES string of the molecule is CN(C)B(I)C1C=C[CH]([Sn]([CH3])([CH3])[CH3])C1. The molecule has 2 atom stereocenters. The van der Waals surface area contributed by atoms with Gasteiger partial charge in [-0.1, -0.05) is 0 Å². The standard InChI is InChI=1S/C7H12BIN.3CH3.Sn/c1-10(2)8(9)7-5-3-4-6-7;;;;/h3-5,7H,6H2,1-2H3;3*1H3;. The van der Waals surface area contributed by atoms with Crippen LogP contribution in [0.1, 0.15) is 6.42 Å². The van der Waals surface area contributed by atoms with Gasteiger partial charge in [-0.15, -0.1) is 0 Å². The predicted molar refractivity (Wildman–Crippen MR) is 78.1 cm³/mol. The third-order valence-corrected chi connectivity index (χ3v) is 12.7. The molecule has 0 aliphatic heterocycles. The van der Waals surface area contributed by atoms with E-state index in [1.165, 1.54) is 6.42 Å². The summed E-state index contributed by atoms with van der Waals surface area (Å²) in [4.78, 5) is 9.97. The van der Waals surface area contributed by atoms with Gasteiger partial charge in [0.1, 0.15) is 0 Å². The number of hydrogen-bond acceptors (Lipinski definition) is 1. The number of hydrogen-bond donors (Lipinski definition) is 0. The molecule has 80 valence electrons. The molecule has 0 bridgehead atoms. The molecule has 2 unspecified atom stereocenters. The molecule has 0 saturated heterocycles. The Morgan fingerprint density at radius 2 is 1.86 bits per heavy atom. The van der Waals surface area contributed by atoms with Gasteiger partial charge in [0, 0.05) is 0 Å². The maximum atomic E-state index is 2.57. The van der Waals surface area contributed by atoms with E-state index in [1.807, 2.05) is 0 Å². The third kappa shape index (κ3) is 3.40. The molecule has 0 aromatic heterocycles. The average molecular weight is 412 g/mol. The summed E-state index contributed by atoms with van der Waals surface area (Å²) in [6.07, 6.45) is 6.38. The summed E-state index contributed by atoms with van der Waals surface area (Å²) in [5.74, 6) is 0.784. The Bertz CT molecular complexity index is 225. The van der Waals surface area contributed by atoms with Crippen molar-refractivity contribution < 1.29 is 0 Å². The molecule has 0 amide bonds. The van der Waals surface area contributed by atoms with Gasteiger partial charge in [0.15, 0.2) is 0 Å². The molecule has 0 heterocycles. The second-order valence-corrected chi connectivity index (χ2v) is 22.5. The molecule has 0 aromatic carbocycles. The summed E-state index contributed by atoms with van der Waals surface area (Å²) in [6, 6.07) is 0. The van der Waals surface area contributed by atoms with Gasteiger partial charge in [-0.05, 0) is 0 Å². The minimum absolute atomic E-state index is 0.669. The molecular weight excluding hydrogens is 391 g/mol. The van der Waals surface area contributed by atoms with Gasteiger partial charge in [0.2, 0.25) is 0 Å². The first kappa shape index (κ1) is 13.4. The van der Waals surface area contributed by atoms with Crippen LogP contribution in [-0.4, -0.2) is 42.0 Å². The molecule has 0 aromatic rings. The fraction of sp³-hybridized carbons (Fsp3) is 0.800. The van der Waals surface area contributed by atoms with Crippen LogP contribution < -0.4 is 0 Å². The minimum atomic E-state index is -1.66. The summed E-state index contributed by atoms with van der Waals surface area (Å²) in [6.45, 7) is 0. The van der Waals surface area contributed by atoms with Crippen molar-refractivity contribution in [2.45, 2.75) is 31.0 Å². The van der Waals surface area contributed by atoms with Crippen LogP contribution in [0.3, 0.4) is 0 Å². The Labute approximate surface area is 107 Å². The quantitative estimate of drug-likeness (QED) is 0.390. The third-order valence-electron chi connectivity index (χ3n) is 3.08. The second-order valence-electron chi connectivity index (χ2n) is 5.59. The van der Waals surface area contributed by atoms with Crippen molar-refractivity contribution in [3.63, 3.8) is 0 Å². The van der Waals surface area contributed by atoms with Crippen LogP contribution in [0.2, 0.25) is 24.6 Å². The van der Waals surface area contributed by atoms with E-state index in [0.29, 0.717) is 4.70 Å². The fourth-order valence-electron chi connectivity index (χ4n) is 1.96. The van der Waals surface area contributed by atoms with Crippen LogP contribution in [0, 0.1) is 0 Å². The molecular formula is C10H21BINSn. The summed E-state index contributed by atoms with van der Waals surface area (Å²) >= 11 is 0.908. The average Bonchev–Trinajstić information content (AvgIpc) is 2.49. The Balaban J connectivity index is 2.55. The van der Waals surface area contributed by atoms with Crippen LogP contribution in [-0.2, 0) is 0 Å². The first-order valence-corrected chi connectivity index (χ1v) is 16.8. The van der Waals surface area contributed by atoms with E-state index in [2.05, 4.69) is 68.3 Å². The summed E-state index contributed by atoms with van der Waals surface area (Å²) in [5.41, 5.74) is 0. The predicted octanol–water partition coefficient (Wildman–Crippen LogP) is 3.51. The van der Waals surface area contributed by atoms with E-state index in [4.69, 9.17) is 0 Å². The van der Waals surface area contributed by atoms with Crippen LogP contribution in [0.5, 0.6) is 0 Å². The van der Waals surface area contributed by atoms with Gasteiger partial charge >= 0.3 is 108 Å². The van der Waals surface area contributed by atoms with Crippen LogP contribution in [0.25, 0.3) is 0 Å². The van der Waals surface area contributed by atoms with Crippen LogP contribution in [0.4, 0.5) is 0 Å². The number of allylic oxidation sites excluding steroid dienone is 2. The van der Waals surface area contributed by atoms with E-state index < -0.39 is 18.4 Å². The first-order chi connectivity index (χ1) is 6.32. The maximum absolute atomic E-state index is 2.57. The topological polar surface area (TPSA) is 3.24 Å². The zero-order valence-electron chi connectivity index (χ0n) is 9.92. The van der Waals surface area contributed by atoms with Gasteiger partial charge in [-0.25, -0.2) is 0 Å². The summed E-state index contributed by atoms with van der Waals surface area (Å²) in [5, 5.41) is 0. The normalized spacial score (nSPS) is 27.4. The molecule has 0 fully saturated rings. The van der Waals surface area contributed by atoms with Crippen molar-refractivity contribution in [3.05, 3.63) is 12.2 Å². The molecule has 1 rings (SSSR count). The Hall–Kier alpha value is 1.29. The molecule has 4 heteroatoms. The van der Waals surface area contributed by atoms with E-state index >= 15 is 0 Å². The van der Waals surface area contributed by atoms with Gasteiger partial charge < -0.3 is 0 Å². The van der Waals surface area contributed by atoms with Gasteiger partial charge in [-0.2, -0.15) is 0 Å². The van der Waals surface area contributed by atoms with Crippen molar-refractivity contribution in [3.8, 4) is 0 Å². The zero-order valence-corrected chi connectivity index (χ0v) is 14.9. The van der Waals surface area contributed by atoms with E-state index in [-0.39, 0.29) is 0 Å². The molecule has 1 aliphatic rings. The van der Waals surface area contributed by atoms with Gasteiger partial charge in [0.05, 0.1) is 0 Å². The van der Waals surface area contributed by atoms with E-state index in [0.717, 1.165) is 9.75 Å². The van der Waals surface area contributed by atoms with Gasteiger partial charge in [-0.3, -0.25) is 0 Å². The van der Waals surface area contributed by atoms with Crippen LogP contribution in [0.15, 0.2) is 12.2 Å². The first-order valence-electron chi connectivity index (χ1n) is 5.31. The molecule has 0 radical (unpaired) electrons. The Morgan fingerprint density at radius 3 is 2.21 bits per heavy atom. The van der Waals surface area contributed by atoms with Crippen LogP contribution >= 0.6 is 22.4 Å². The Morgan fingerprint density at radius 1 is 1.29 bits per heavy atom.